The molecule has 1 heterocycles. The molecule has 0 N–H and O–H groups in total. The molecule has 0 saturated carbocycles. The Bertz CT molecular complexity index is 713. The van der Waals surface area contributed by atoms with Crippen LogP contribution in [0, 0.1) is 0 Å². The average Bonchev–Trinajstić information content (AvgIpc) is 2.76. The smallest absolute Gasteiger partial charge is 0.411 e. The first kappa shape index (κ1) is 17.6. The average molecular weight is 343 g/mol. The van der Waals surface area contributed by atoms with Gasteiger partial charge >= 0.3 is 10.3 Å². The van der Waals surface area contributed by atoms with Crippen LogP contribution in [0.15, 0.2) is 18.2 Å². The van der Waals surface area contributed by atoms with Crippen molar-refractivity contribution < 1.29 is 26.9 Å². The fourth-order valence-electron chi connectivity index (χ4n) is 2.42. The quantitative estimate of drug-likeness (QED) is 0.811. The third kappa shape index (κ3) is 3.13. The van der Waals surface area contributed by atoms with Gasteiger partial charge in [0.25, 0.3) is 0 Å². The van der Waals surface area contributed by atoms with E-state index in [0.717, 1.165) is 5.56 Å². The van der Waals surface area contributed by atoms with Gasteiger partial charge in [0, 0.05) is 26.1 Å². The van der Waals surface area contributed by atoms with Crippen LogP contribution in [0.3, 0.4) is 0 Å². The summed E-state index contributed by atoms with van der Waals surface area (Å²) in [6.07, 6.45) is -0.395. The predicted molar refractivity (Wildman–Crippen MR) is 83.5 cm³/mol. The van der Waals surface area contributed by atoms with E-state index < -0.39 is 27.9 Å². The van der Waals surface area contributed by atoms with E-state index in [9.17, 15) is 13.2 Å². The van der Waals surface area contributed by atoms with Crippen molar-refractivity contribution in [2.24, 2.45) is 0 Å². The molecule has 0 saturated heterocycles. The topological polar surface area (TPSA) is 82.1 Å². The molecular weight excluding hydrogens is 322 g/mol. The van der Waals surface area contributed by atoms with E-state index in [0.29, 0.717) is 10.1 Å². The first-order valence-corrected chi connectivity index (χ1v) is 8.55. The molecule has 0 aromatic heterocycles. The normalized spacial score (nSPS) is 18.9. The van der Waals surface area contributed by atoms with Crippen LogP contribution in [0.1, 0.15) is 32.8 Å². The second-order valence-corrected chi connectivity index (χ2v) is 7.39. The Hall–Kier alpha value is -1.80. The lowest BCUT2D eigenvalue weighted by atomic mass is 9.85. The highest BCUT2D eigenvalue weighted by Crippen LogP contribution is 2.44. The Balaban J connectivity index is 2.30. The number of hydrogen-bond acceptors (Lipinski definition) is 6. The second-order valence-electron chi connectivity index (χ2n) is 5.82. The fraction of sp³-hybridized carbons (Fsp3) is 0.533. The number of methoxy groups -OCH3 is 1. The minimum atomic E-state index is -4.19. The number of amides is 1. The molecule has 1 aromatic rings. The van der Waals surface area contributed by atoms with Gasteiger partial charge < -0.3 is 13.7 Å². The van der Waals surface area contributed by atoms with Gasteiger partial charge in [-0.05, 0) is 32.0 Å². The Labute approximate surface area is 136 Å². The molecule has 1 unspecified atom stereocenters. The standard InChI is InChI=1S/C15H21NO6S/c1-6-13(17)16(4)23(18,19)22-10-7-8-12-11(9-10)15(2,3)14(20-5)21-12/h7-9,14H,6H2,1-5H3. The molecular formula is C15H21NO6S. The number of ether oxygens (including phenoxy) is 2. The highest BCUT2D eigenvalue weighted by molar-refractivity contribution is 7.85. The van der Waals surface area contributed by atoms with Gasteiger partial charge in [-0.2, -0.15) is 8.42 Å². The van der Waals surface area contributed by atoms with E-state index in [1.807, 2.05) is 13.8 Å². The molecule has 7 nitrogen and oxygen atoms in total. The van der Waals surface area contributed by atoms with E-state index in [1.165, 1.54) is 13.1 Å². The van der Waals surface area contributed by atoms with Crippen LogP contribution >= 0.6 is 0 Å². The van der Waals surface area contributed by atoms with Crippen molar-refractivity contribution in [3.63, 3.8) is 0 Å². The number of rotatable bonds is 5. The maximum Gasteiger partial charge on any atom is 0.411 e. The van der Waals surface area contributed by atoms with Crippen LogP contribution in [0.25, 0.3) is 0 Å². The molecule has 0 bridgehead atoms. The number of hydrogen-bond donors (Lipinski definition) is 0. The van der Waals surface area contributed by atoms with Crippen LogP contribution in [0.2, 0.25) is 0 Å². The summed E-state index contributed by atoms with van der Waals surface area (Å²) in [4.78, 5) is 11.6. The molecule has 23 heavy (non-hydrogen) atoms. The van der Waals surface area contributed by atoms with Crippen LogP contribution in [0.5, 0.6) is 11.5 Å². The van der Waals surface area contributed by atoms with Crippen molar-refractivity contribution in [1.29, 1.82) is 0 Å². The number of carbonyl (C=O) groups is 1. The summed E-state index contributed by atoms with van der Waals surface area (Å²) in [6, 6.07) is 4.70. The Morgan fingerprint density at radius 2 is 2.04 bits per heavy atom. The zero-order valence-corrected chi connectivity index (χ0v) is 14.6. The first-order valence-electron chi connectivity index (χ1n) is 7.18. The van der Waals surface area contributed by atoms with Crippen molar-refractivity contribution in [3.05, 3.63) is 23.8 Å². The fourth-order valence-corrected chi connectivity index (χ4v) is 3.26. The van der Waals surface area contributed by atoms with Gasteiger partial charge in [0.15, 0.2) is 0 Å². The minimum Gasteiger partial charge on any atom is -0.464 e. The molecule has 1 aliphatic rings. The van der Waals surface area contributed by atoms with E-state index in [2.05, 4.69) is 0 Å². The van der Waals surface area contributed by atoms with Gasteiger partial charge in [-0.1, -0.05) is 6.92 Å². The van der Waals surface area contributed by atoms with Gasteiger partial charge in [0.2, 0.25) is 12.2 Å². The monoisotopic (exact) mass is 343 g/mol. The molecule has 1 atom stereocenters. The molecule has 128 valence electrons. The third-order valence-electron chi connectivity index (χ3n) is 3.87. The largest absolute Gasteiger partial charge is 0.464 e. The van der Waals surface area contributed by atoms with E-state index in [-0.39, 0.29) is 12.2 Å². The summed E-state index contributed by atoms with van der Waals surface area (Å²) in [5.74, 6) is 0.187. The molecule has 1 aromatic carbocycles. The molecule has 0 spiro atoms. The molecule has 1 amide bonds. The minimum absolute atomic E-state index is 0.0691. The maximum absolute atomic E-state index is 12.1. The second kappa shape index (κ2) is 6.01. The molecule has 0 radical (unpaired) electrons. The number of nitrogens with zero attached hydrogens (tertiary/aromatic N) is 1. The van der Waals surface area contributed by atoms with E-state index in [1.54, 1.807) is 26.2 Å². The van der Waals surface area contributed by atoms with Crippen molar-refractivity contribution in [1.82, 2.24) is 4.31 Å². The molecule has 0 fully saturated rings. The van der Waals surface area contributed by atoms with Gasteiger partial charge in [0.05, 0.1) is 5.41 Å². The van der Waals surface area contributed by atoms with Crippen molar-refractivity contribution in [2.45, 2.75) is 38.9 Å². The number of carbonyl (C=O) groups excluding carboxylic acids is 1. The maximum atomic E-state index is 12.1. The van der Waals surface area contributed by atoms with E-state index >= 15 is 0 Å². The van der Waals surface area contributed by atoms with Crippen molar-refractivity contribution in [3.8, 4) is 11.5 Å². The van der Waals surface area contributed by atoms with Crippen LogP contribution in [0.4, 0.5) is 0 Å². The summed E-state index contributed by atoms with van der Waals surface area (Å²) < 4.78 is 40.8. The summed E-state index contributed by atoms with van der Waals surface area (Å²) in [7, 11) is -1.47. The highest BCUT2D eigenvalue weighted by atomic mass is 32.2. The summed E-state index contributed by atoms with van der Waals surface area (Å²) >= 11 is 0. The van der Waals surface area contributed by atoms with Crippen LogP contribution in [-0.4, -0.2) is 39.1 Å². The zero-order chi connectivity index (χ0) is 17.4. The lowest BCUT2D eigenvalue weighted by Gasteiger charge is -2.24. The lowest BCUT2D eigenvalue weighted by Crippen LogP contribution is -2.36. The Kier molecular flexibility index (Phi) is 4.59. The Morgan fingerprint density at radius 1 is 1.39 bits per heavy atom. The molecule has 0 aliphatic carbocycles. The Morgan fingerprint density at radius 3 is 2.61 bits per heavy atom. The SMILES string of the molecule is CCC(=O)N(C)S(=O)(=O)Oc1ccc2c(c1)C(C)(C)C(OC)O2. The molecule has 2 rings (SSSR count). The van der Waals surface area contributed by atoms with Crippen molar-refractivity contribution in [2.75, 3.05) is 14.2 Å². The van der Waals surface area contributed by atoms with Gasteiger partial charge in [0.1, 0.15) is 11.5 Å². The van der Waals surface area contributed by atoms with Gasteiger partial charge in [-0.25, -0.2) is 4.31 Å². The number of fused-ring (bicyclic) bond motifs is 1. The molecule has 8 heteroatoms. The van der Waals surface area contributed by atoms with Crippen LogP contribution in [-0.2, 0) is 25.3 Å². The summed E-state index contributed by atoms with van der Waals surface area (Å²) in [6.45, 7) is 5.44. The van der Waals surface area contributed by atoms with Crippen molar-refractivity contribution >= 4 is 16.2 Å². The first-order chi connectivity index (χ1) is 10.6. The summed E-state index contributed by atoms with van der Waals surface area (Å²) in [5.41, 5.74) is 0.319. The van der Waals surface area contributed by atoms with Gasteiger partial charge in [-0.15, -0.1) is 0 Å². The predicted octanol–water partition coefficient (Wildman–Crippen LogP) is 1.82. The third-order valence-corrected chi connectivity index (χ3v) is 5.15. The van der Waals surface area contributed by atoms with Gasteiger partial charge in [-0.3, -0.25) is 4.79 Å². The highest BCUT2D eigenvalue weighted by Gasteiger charge is 2.42. The lowest BCUT2D eigenvalue weighted by molar-refractivity contribution is -0.125. The van der Waals surface area contributed by atoms with Crippen LogP contribution < -0.4 is 8.92 Å². The number of benzene rings is 1. The molecule has 1 aliphatic heterocycles. The van der Waals surface area contributed by atoms with E-state index in [4.69, 9.17) is 13.7 Å². The zero-order valence-electron chi connectivity index (χ0n) is 13.8. The summed E-state index contributed by atoms with van der Waals surface area (Å²) in [5, 5.41) is 0.